The average molecular weight is 505 g/mol. The molecule has 0 amide bonds. The molecule has 5 heteroatoms. The highest BCUT2D eigenvalue weighted by atomic mass is 32.1. The summed E-state index contributed by atoms with van der Waals surface area (Å²) in [5.74, 6) is 0.716. The third-order valence-corrected chi connectivity index (χ3v) is 8.34. The number of fused-ring (bicyclic) bond motifs is 7. The predicted molar refractivity (Wildman–Crippen MR) is 158 cm³/mol. The molecular formula is C33H20N4S. The zero-order chi connectivity index (χ0) is 25.1. The molecule has 0 saturated heterocycles. The number of aromatic nitrogens is 4. The molecule has 8 rings (SSSR count). The Kier molecular flexibility index (Phi) is 4.66. The normalized spacial score (nSPS) is 11.7. The Bertz CT molecular complexity index is 2120. The highest BCUT2D eigenvalue weighted by Gasteiger charge is 2.18. The van der Waals surface area contributed by atoms with Crippen LogP contribution in [0.4, 0.5) is 0 Å². The molecule has 8 aromatic rings. The molecule has 0 radical (unpaired) electrons. The quantitative estimate of drug-likeness (QED) is 0.242. The summed E-state index contributed by atoms with van der Waals surface area (Å²) in [5.41, 5.74) is 7.36. The molecular weight excluding hydrogens is 484 g/mol. The summed E-state index contributed by atoms with van der Waals surface area (Å²) in [4.78, 5) is 14.2. The summed E-state index contributed by atoms with van der Waals surface area (Å²) >= 11 is 1.84. The van der Waals surface area contributed by atoms with E-state index in [4.69, 9.17) is 9.97 Å². The second-order valence-electron chi connectivity index (χ2n) is 9.32. The predicted octanol–water partition coefficient (Wildman–Crippen LogP) is 8.67. The van der Waals surface area contributed by atoms with Gasteiger partial charge in [-0.3, -0.25) is 4.98 Å². The lowest BCUT2D eigenvalue weighted by Crippen LogP contribution is -1.95. The van der Waals surface area contributed by atoms with Gasteiger partial charge in [-0.25, -0.2) is 9.97 Å². The van der Waals surface area contributed by atoms with E-state index in [9.17, 15) is 0 Å². The average Bonchev–Trinajstić information content (AvgIpc) is 3.54. The van der Waals surface area contributed by atoms with Crippen LogP contribution >= 0.6 is 11.3 Å². The summed E-state index contributed by atoms with van der Waals surface area (Å²) in [6.45, 7) is 0. The Morgan fingerprint density at radius 2 is 1.42 bits per heavy atom. The minimum atomic E-state index is 0.716. The van der Waals surface area contributed by atoms with E-state index in [0.717, 1.165) is 39.1 Å². The maximum Gasteiger partial charge on any atom is 0.159 e. The van der Waals surface area contributed by atoms with Crippen molar-refractivity contribution in [2.24, 2.45) is 0 Å². The summed E-state index contributed by atoms with van der Waals surface area (Å²) in [7, 11) is 0. The zero-order valence-corrected chi connectivity index (χ0v) is 21.1. The van der Waals surface area contributed by atoms with Crippen LogP contribution in [0.5, 0.6) is 0 Å². The monoisotopic (exact) mass is 504 g/mol. The SMILES string of the molecule is c1ccc(-c2ccnc(-c3ccc(-n4c5cccnc5c5c6sc7ccccc7c6ccc54)cc3)n2)cc1. The van der Waals surface area contributed by atoms with E-state index < -0.39 is 0 Å². The van der Waals surface area contributed by atoms with Gasteiger partial charge in [0, 0.05) is 54.8 Å². The Morgan fingerprint density at radius 1 is 0.579 bits per heavy atom. The topological polar surface area (TPSA) is 43.6 Å². The third-order valence-electron chi connectivity index (χ3n) is 7.14. The van der Waals surface area contributed by atoms with E-state index in [1.54, 1.807) is 0 Å². The van der Waals surface area contributed by atoms with E-state index in [1.165, 1.54) is 25.6 Å². The standard InChI is InChI=1S/C33H20N4S/c1-2-7-21(8-3-1)26-18-20-35-33(36-26)22-12-14-23(15-13-22)37-27-17-16-25-24-9-4-5-11-29(24)38-32(25)30(27)31-28(37)10-6-19-34-31/h1-20H. The summed E-state index contributed by atoms with van der Waals surface area (Å²) in [6.07, 6.45) is 3.71. The molecule has 0 N–H and O–H groups in total. The maximum atomic E-state index is 4.85. The van der Waals surface area contributed by atoms with E-state index in [1.807, 2.05) is 54.1 Å². The van der Waals surface area contributed by atoms with Crippen LogP contribution < -0.4 is 0 Å². The van der Waals surface area contributed by atoms with Gasteiger partial charge in [0.1, 0.15) is 0 Å². The molecule has 0 aliphatic heterocycles. The first kappa shape index (κ1) is 21.2. The Labute approximate surface area is 222 Å². The van der Waals surface area contributed by atoms with Crippen molar-refractivity contribution in [2.75, 3.05) is 0 Å². The van der Waals surface area contributed by atoms with Gasteiger partial charge in [0.25, 0.3) is 0 Å². The molecule has 0 bridgehead atoms. The van der Waals surface area contributed by atoms with Gasteiger partial charge in [-0.1, -0.05) is 54.6 Å². The fourth-order valence-electron chi connectivity index (χ4n) is 5.40. The Morgan fingerprint density at radius 3 is 2.32 bits per heavy atom. The molecule has 0 unspecified atom stereocenters. The van der Waals surface area contributed by atoms with Gasteiger partial charge in [-0.05, 0) is 54.6 Å². The van der Waals surface area contributed by atoms with E-state index in [2.05, 4.69) is 88.4 Å². The van der Waals surface area contributed by atoms with Gasteiger partial charge in [-0.2, -0.15) is 0 Å². The zero-order valence-electron chi connectivity index (χ0n) is 20.2. The van der Waals surface area contributed by atoms with Crippen molar-refractivity contribution in [2.45, 2.75) is 0 Å². The van der Waals surface area contributed by atoms with Gasteiger partial charge in [-0.15, -0.1) is 11.3 Å². The van der Waals surface area contributed by atoms with Crippen LogP contribution in [0.1, 0.15) is 0 Å². The van der Waals surface area contributed by atoms with Crippen LogP contribution in [-0.2, 0) is 0 Å². The van der Waals surface area contributed by atoms with Crippen LogP contribution in [0.3, 0.4) is 0 Å². The largest absolute Gasteiger partial charge is 0.308 e. The van der Waals surface area contributed by atoms with E-state index >= 15 is 0 Å². The number of nitrogens with zero attached hydrogens (tertiary/aromatic N) is 4. The molecule has 0 fully saturated rings. The first-order valence-corrected chi connectivity index (χ1v) is 13.4. The van der Waals surface area contributed by atoms with Crippen molar-refractivity contribution in [1.82, 2.24) is 19.5 Å². The molecule has 4 heterocycles. The second-order valence-corrected chi connectivity index (χ2v) is 10.4. The third kappa shape index (κ3) is 3.19. The number of benzene rings is 4. The summed E-state index contributed by atoms with van der Waals surface area (Å²) < 4.78 is 4.90. The molecule has 178 valence electrons. The molecule has 0 aliphatic rings. The number of hydrogen-bond acceptors (Lipinski definition) is 4. The molecule has 4 aromatic heterocycles. The number of hydrogen-bond donors (Lipinski definition) is 0. The minimum absolute atomic E-state index is 0.716. The van der Waals surface area contributed by atoms with Crippen molar-refractivity contribution in [3.05, 3.63) is 122 Å². The van der Waals surface area contributed by atoms with Gasteiger partial charge in [0.2, 0.25) is 0 Å². The van der Waals surface area contributed by atoms with Crippen molar-refractivity contribution >= 4 is 53.4 Å². The second kappa shape index (κ2) is 8.33. The van der Waals surface area contributed by atoms with Crippen LogP contribution in [-0.4, -0.2) is 19.5 Å². The van der Waals surface area contributed by atoms with Crippen LogP contribution in [0.15, 0.2) is 122 Å². The fourth-order valence-corrected chi connectivity index (χ4v) is 6.64. The van der Waals surface area contributed by atoms with Crippen molar-refractivity contribution in [1.29, 1.82) is 0 Å². The van der Waals surface area contributed by atoms with Crippen molar-refractivity contribution in [3.63, 3.8) is 0 Å². The fraction of sp³-hybridized carbons (Fsp3) is 0. The summed E-state index contributed by atoms with van der Waals surface area (Å²) in [6, 6.07) is 37.9. The lowest BCUT2D eigenvalue weighted by atomic mass is 10.1. The maximum absolute atomic E-state index is 4.85. The molecule has 0 spiro atoms. The van der Waals surface area contributed by atoms with Crippen LogP contribution in [0.2, 0.25) is 0 Å². The summed E-state index contributed by atoms with van der Waals surface area (Å²) in [5, 5.41) is 3.80. The minimum Gasteiger partial charge on any atom is -0.308 e. The van der Waals surface area contributed by atoms with Gasteiger partial charge < -0.3 is 4.57 Å². The van der Waals surface area contributed by atoms with Crippen molar-refractivity contribution in [3.8, 4) is 28.3 Å². The van der Waals surface area contributed by atoms with Crippen molar-refractivity contribution < 1.29 is 0 Å². The molecule has 38 heavy (non-hydrogen) atoms. The van der Waals surface area contributed by atoms with Crippen LogP contribution in [0.25, 0.3) is 70.4 Å². The first-order chi connectivity index (χ1) is 18.8. The number of rotatable bonds is 3. The van der Waals surface area contributed by atoms with Gasteiger partial charge in [0.05, 0.1) is 22.2 Å². The first-order valence-electron chi connectivity index (χ1n) is 12.5. The lowest BCUT2D eigenvalue weighted by Gasteiger charge is -2.09. The highest BCUT2D eigenvalue weighted by Crippen LogP contribution is 2.42. The van der Waals surface area contributed by atoms with Gasteiger partial charge in [0.15, 0.2) is 5.82 Å². The number of thiophene rings is 1. The lowest BCUT2D eigenvalue weighted by molar-refractivity contribution is 1.16. The Hall–Kier alpha value is -4.87. The molecule has 4 aromatic carbocycles. The van der Waals surface area contributed by atoms with Crippen LogP contribution in [0, 0.1) is 0 Å². The smallest absolute Gasteiger partial charge is 0.159 e. The van der Waals surface area contributed by atoms with E-state index in [0.29, 0.717) is 5.82 Å². The van der Waals surface area contributed by atoms with E-state index in [-0.39, 0.29) is 0 Å². The molecule has 0 aliphatic carbocycles. The highest BCUT2D eigenvalue weighted by molar-refractivity contribution is 7.26. The molecule has 4 nitrogen and oxygen atoms in total. The Balaban J connectivity index is 1.30. The van der Waals surface area contributed by atoms with Gasteiger partial charge >= 0.3 is 0 Å². The number of pyridine rings is 1. The molecule has 0 atom stereocenters. The molecule has 0 saturated carbocycles.